The Kier molecular flexibility index (Phi) is 5.38. The first-order valence-corrected chi connectivity index (χ1v) is 10.2. The lowest BCUT2D eigenvalue weighted by Crippen LogP contribution is -3.12. The summed E-state index contributed by atoms with van der Waals surface area (Å²) in [5, 5.41) is 5.78. The SMILES string of the molecule is C[NH+]1CCN(S(=O)(=O)c2ccc(NC(=S)NC(=O)C3CC3)cc2)CC1. The number of hydrogen-bond donors (Lipinski definition) is 3. The van der Waals surface area contributed by atoms with Crippen molar-refractivity contribution >= 4 is 38.9 Å². The van der Waals surface area contributed by atoms with Gasteiger partial charge in [0.15, 0.2) is 5.11 Å². The van der Waals surface area contributed by atoms with Crippen molar-refractivity contribution in [1.29, 1.82) is 0 Å². The van der Waals surface area contributed by atoms with Crippen LogP contribution in [0.2, 0.25) is 0 Å². The average Bonchev–Trinajstić information content (AvgIpc) is 3.40. The van der Waals surface area contributed by atoms with E-state index in [9.17, 15) is 13.2 Å². The fraction of sp³-hybridized carbons (Fsp3) is 0.500. The van der Waals surface area contributed by atoms with Gasteiger partial charge < -0.3 is 15.5 Å². The van der Waals surface area contributed by atoms with Crippen LogP contribution in [-0.2, 0) is 14.8 Å². The lowest BCUT2D eigenvalue weighted by atomic mass is 10.3. The van der Waals surface area contributed by atoms with E-state index in [1.54, 1.807) is 24.3 Å². The number of piperazine rings is 1. The summed E-state index contributed by atoms with van der Waals surface area (Å²) in [4.78, 5) is 13.3. The maximum Gasteiger partial charge on any atom is 0.243 e. The van der Waals surface area contributed by atoms with Gasteiger partial charge in [0.2, 0.25) is 15.9 Å². The number of carbonyl (C=O) groups excluding carboxylic acids is 1. The Morgan fingerprint density at radius 2 is 1.80 bits per heavy atom. The molecule has 0 radical (unpaired) electrons. The van der Waals surface area contributed by atoms with Crippen molar-refractivity contribution < 1.29 is 18.1 Å². The van der Waals surface area contributed by atoms with Crippen molar-refractivity contribution in [3.8, 4) is 0 Å². The molecule has 1 aliphatic heterocycles. The zero-order valence-electron chi connectivity index (χ0n) is 14.1. The molecule has 1 heterocycles. The van der Waals surface area contributed by atoms with E-state index in [0.29, 0.717) is 18.8 Å². The molecule has 2 fully saturated rings. The van der Waals surface area contributed by atoms with E-state index in [4.69, 9.17) is 12.2 Å². The smallest absolute Gasteiger partial charge is 0.243 e. The van der Waals surface area contributed by atoms with Crippen molar-refractivity contribution in [3.63, 3.8) is 0 Å². The molecule has 0 atom stereocenters. The topological polar surface area (TPSA) is 82.9 Å². The molecule has 1 saturated carbocycles. The minimum Gasteiger partial charge on any atom is -0.335 e. The van der Waals surface area contributed by atoms with E-state index in [0.717, 1.165) is 25.9 Å². The van der Waals surface area contributed by atoms with Gasteiger partial charge in [0.25, 0.3) is 0 Å². The molecule has 9 heteroatoms. The summed E-state index contributed by atoms with van der Waals surface area (Å²) < 4.78 is 26.9. The molecular weight excluding hydrogens is 360 g/mol. The molecule has 0 spiro atoms. The van der Waals surface area contributed by atoms with Crippen LogP contribution >= 0.6 is 12.2 Å². The first kappa shape index (κ1) is 18.2. The fourth-order valence-electron chi connectivity index (χ4n) is 2.69. The van der Waals surface area contributed by atoms with Gasteiger partial charge in [-0.05, 0) is 49.3 Å². The quantitative estimate of drug-likeness (QED) is 0.607. The lowest BCUT2D eigenvalue weighted by Gasteiger charge is -2.29. The zero-order chi connectivity index (χ0) is 18.0. The molecule has 0 bridgehead atoms. The van der Waals surface area contributed by atoms with Gasteiger partial charge in [-0.3, -0.25) is 4.79 Å². The van der Waals surface area contributed by atoms with Gasteiger partial charge in [-0.1, -0.05) is 0 Å². The summed E-state index contributed by atoms with van der Waals surface area (Å²) in [5.41, 5.74) is 0.642. The van der Waals surface area contributed by atoms with Gasteiger partial charge in [0.1, 0.15) is 0 Å². The van der Waals surface area contributed by atoms with E-state index in [1.807, 2.05) is 0 Å². The number of amides is 1. The van der Waals surface area contributed by atoms with E-state index in [2.05, 4.69) is 17.7 Å². The van der Waals surface area contributed by atoms with E-state index < -0.39 is 10.0 Å². The van der Waals surface area contributed by atoms with Crippen LogP contribution in [0.3, 0.4) is 0 Å². The fourth-order valence-corrected chi connectivity index (χ4v) is 4.35. The Bertz CT molecular complexity index is 752. The zero-order valence-corrected chi connectivity index (χ0v) is 15.8. The summed E-state index contributed by atoms with van der Waals surface area (Å²) in [6, 6.07) is 6.44. The third kappa shape index (κ3) is 4.55. The highest BCUT2D eigenvalue weighted by molar-refractivity contribution is 7.89. The van der Waals surface area contributed by atoms with Crippen molar-refractivity contribution in [2.75, 3.05) is 38.5 Å². The number of benzene rings is 1. The van der Waals surface area contributed by atoms with Gasteiger partial charge in [-0.25, -0.2) is 8.42 Å². The Labute approximate surface area is 153 Å². The van der Waals surface area contributed by atoms with Gasteiger partial charge in [0, 0.05) is 11.6 Å². The number of quaternary nitrogens is 1. The van der Waals surface area contributed by atoms with Crippen LogP contribution < -0.4 is 15.5 Å². The molecule has 3 rings (SSSR count). The first-order chi connectivity index (χ1) is 11.9. The maximum atomic E-state index is 12.7. The number of rotatable bonds is 4. The second-order valence-corrected chi connectivity index (χ2v) is 8.95. The highest BCUT2D eigenvalue weighted by atomic mass is 32.2. The summed E-state index contributed by atoms with van der Waals surface area (Å²) in [6.45, 7) is 2.69. The summed E-state index contributed by atoms with van der Waals surface area (Å²) in [5.74, 6) is 0.0200. The molecule has 0 unspecified atom stereocenters. The van der Waals surface area contributed by atoms with Crippen LogP contribution in [0.15, 0.2) is 29.2 Å². The van der Waals surface area contributed by atoms with E-state index in [1.165, 1.54) is 9.21 Å². The molecule has 136 valence electrons. The largest absolute Gasteiger partial charge is 0.335 e. The first-order valence-electron chi connectivity index (χ1n) is 8.39. The molecule has 1 amide bonds. The maximum absolute atomic E-state index is 12.7. The predicted octanol–water partition coefficient (Wildman–Crippen LogP) is -0.571. The molecule has 3 N–H and O–H groups in total. The summed E-state index contributed by atoms with van der Waals surface area (Å²) in [7, 11) is -1.40. The molecule has 1 aromatic rings. The van der Waals surface area contributed by atoms with Crippen molar-refractivity contribution in [2.24, 2.45) is 5.92 Å². The number of nitrogens with zero attached hydrogens (tertiary/aromatic N) is 1. The number of carbonyl (C=O) groups is 1. The third-order valence-corrected chi connectivity index (χ3v) is 6.63. The summed E-state index contributed by atoms with van der Waals surface area (Å²) >= 11 is 5.11. The molecule has 1 aromatic carbocycles. The Balaban J connectivity index is 1.61. The van der Waals surface area contributed by atoms with E-state index in [-0.39, 0.29) is 21.8 Å². The highest BCUT2D eigenvalue weighted by Gasteiger charge is 2.30. The molecule has 2 aliphatic rings. The normalized spacial score (nSPS) is 19.4. The number of thiocarbonyl (C=S) groups is 1. The van der Waals surface area contributed by atoms with Crippen LogP contribution in [-0.4, -0.2) is 57.0 Å². The van der Waals surface area contributed by atoms with Crippen LogP contribution in [0.4, 0.5) is 5.69 Å². The standard InChI is InChI=1S/C16H22N4O3S2/c1-19-8-10-20(11-9-19)25(22,23)14-6-4-13(5-7-14)17-16(24)18-15(21)12-2-3-12/h4-7,12H,2-3,8-11H2,1H3,(H2,17,18,21,24)/p+1. The summed E-state index contributed by atoms with van der Waals surface area (Å²) in [6.07, 6.45) is 1.82. The van der Waals surface area contributed by atoms with Crippen LogP contribution in [0, 0.1) is 5.92 Å². The third-order valence-electron chi connectivity index (χ3n) is 4.51. The average molecular weight is 384 g/mol. The van der Waals surface area contributed by atoms with E-state index >= 15 is 0 Å². The molecule has 7 nitrogen and oxygen atoms in total. The number of hydrogen-bond acceptors (Lipinski definition) is 4. The minimum absolute atomic E-state index is 0.0612. The number of anilines is 1. The van der Waals surface area contributed by atoms with Crippen molar-refractivity contribution in [1.82, 2.24) is 9.62 Å². The van der Waals surface area contributed by atoms with Crippen LogP contribution in [0.5, 0.6) is 0 Å². The second-order valence-electron chi connectivity index (χ2n) is 6.60. The van der Waals surface area contributed by atoms with Gasteiger partial charge in [0.05, 0.1) is 38.1 Å². The number of nitrogens with one attached hydrogen (secondary N) is 3. The van der Waals surface area contributed by atoms with Gasteiger partial charge in [-0.15, -0.1) is 0 Å². The van der Waals surface area contributed by atoms with Crippen LogP contribution in [0.1, 0.15) is 12.8 Å². The Morgan fingerprint density at radius 1 is 1.20 bits per heavy atom. The van der Waals surface area contributed by atoms with Gasteiger partial charge >= 0.3 is 0 Å². The van der Waals surface area contributed by atoms with Crippen molar-refractivity contribution in [3.05, 3.63) is 24.3 Å². The Hall–Kier alpha value is -1.55. The molecule has 1 saturated heterocycles. The van der Waals surface area contributed by atoms with Crippen LogP contribution in [0.25, 0.3) is 0 Å². The second kappa shape index (κ2) is 7.36. The molecule has 1 aliphatic carbocycles. The minimum atomic E-state index is -3.46. The predicted molar refractivity (Wildman–Crippen MR) is 98.9 cm³/mol. The lowest BCUT2D eigenvalue weighted by molar-refractivity contribution is -0.883. The monoisotopic (exact) mass is 383 g/mol. The number of sulfonamides is 1. The molecular formula is C16H23N4O3S2+. The molecule has 25 heavy (non-hydrogen) atoms. The van der Waals surface area contributed by atoms with Crippen molar-refractivity contribution in [2.45, 2.75) is 17.7 Å². The molecule has 0 aromatic heterocycles. The number of likely N-dealkylation sites (N-methyl/N-ethyl adjacent to an activating group) is 1. The Morgan fingerprint density at radius 3 is 2.36 bits per heavy atom. The highest BCUT2D eigenvalue weighted by Crippen LogP contribution is 2.28. The van der Waals surface area contributed by atoms with Gasteiger partial charge in [-0.2, -0.15) is 4.31 Å².